The summed E-state index contributed by atoms with van der Waals surface area (Å²) in [4.78, 5) is 40.4. The molecule has 0 spiro atoms. The van der Waals surface area contributed by atoms with Crippen LogP contribution in [0.4, 0.5) is 0 Å². The zero-order valence-electron chi connectivity index (χ0n) is 23.0. The maximum atomic E-state index is 13.1. The highest BCUT2D eigenvalue weighted by Crippen LogP contribution is 2.34. The van der Waals surface area contributed by atoms with Crippen LogP contribution in [0.2, 0.25) is 0 Å². The molecule has 0 aromatic heterocycles. The fourth-order valence-electron chi connectivity index (χ4n) is 4.27. The molecule has 3 heterocycles. The Morgan fingerprint density at radius 3 is 2.76 bits per heavy atom. The molecule has 0 saturated carbocycles. The number of nitrogens with zero attached hydrogens (tertiary/aromatic N) is 2. The topological polar surface area (TPSA) is 88.2 Å². The maximum Gasteiger partial charge on any atom is 0.255 e. The summed E-state index contributed by atoms with van der Waals surface area (Å²) in [6, 6.07) is 4.28. The second kappa shape index (κ2) is 9.33. The second-order valence-electron chi connectivity index (χ2n) is 8.21. The number of carbonyl (C=O) groups is 3. The number of carbonyl (C=O) groups excluding carboxylic acids is 3. The number of amides is 3. The van der Waals surface area contributed by atoms with Crippen molar-refractivity contribution in [3.05, 3.63) is 64.6 Å². The number of piperidine rings is 1. The molecule has 2 fully saturated rings. The van der Waals surface area contributed by atoms with Crippen molar-refractivity contribution in [2.24, 2.45) is 0 Å². The van der Waals surface area contributed by atoms with Crippen LogP contribution < -0.4 is 10.1 Å². The molecule has 0 aliphatic carbocycles. The Labute approximate surface area is 199 Å². The highest BCUT2D eigenvalue weighted by molar-refractivity contribution is 6.05. The average molecular weight is 455 g/mol. The summed E-state index contributed by atoms with van der Waals surface area (Å²) in [7, 11) is 0. The number of hydrogen-bond donors (Lipinski definition) is 1. The number of hydrogen-bond acceptors (Lipinski definition) is 6. The van der Waals surface area contributed by atoms with Gasteiger partial charge >= 0.3 is 0 Å². The van der Waals surface area contributed by atoms with Crippen molar-refractivity contribution >= 4 is 17.7 Å². The molecule has 2 aromatic rings. The first kappa shape index (κ1) is 16.4. The maximum absolute atomic E-state index is 13.1. The molecule has 1 N–H and O–H groups in total. The summed E-state index contributed by atoms with van der Waals surface area (Å²) >= 11 is 0. The van der Waals surface area contributed by atoms with E-state index in [0.717, 1.165) is 0 Å². The van der Waals surface area contributed by atoms with E-state index in [0.29, 0.717) is 44.0 Å². The first-order chi connectivity index (χ1) is 18.1. The monoisotopic (exact) mass is 454 g/mol. The Kier molecular flexibility index (Phi) is 4.63. The fraction of sp³-hybridized carbons (Fsp3) is 0.400. The van der Waals surface area contributed by atoms with Gasteiger partial charge in [0.1, 0.15) is 18.4 Å². The highest BCUT2D eigenvalue weighted by Gasteiger charge is 2.40. The van der Waals surface area contributed by atoms with Gasteiger partial charge in [-0.2, -0.15) is 0 Å². The van der Waals surface area contributed by atoms with Crippen LogP contribution in [0.5, 0.6) is 5.75 Å². The smallest absolute Gasteiger partial charge is 0.255 e. The predicted octanol–water partition coefficient (Wildman–Crippen LogP) is 1.86. The van der Waals surface area contributed by atoms with Crippen LogP contribution in [0, 0.1) is 0 Å². The molecule has 3 aliphatic rings. The van der Waals surface area contributed by atoms with Gasteiger partial charge in [-0.15, -0.1) is 0 Å². The Balaban J connectivity index is 1.41. The predicted molar refractivity (Wildman–Crippen MR) is 119 cm³/mol. The number of ether oxygens (including phenoxy) is 2. The van der Waals surface area contributed by atoms with Crippen LogP contribution in [0.15, 0.2) is 42.4 Å². The van der Waals surface area contributed by atoms with Crippen molar-refractivity contribution in [1.82, 2.24) is 15.1 Å². The van der Waals surface area contributed by atoms with Crippen LogP contribution in [-0.4, -0.2) is 59.9 Å². The van der Waals surface area contributed by atoms with Crippen molar-refractivity contribution in [2.75, 3.05) is 26.3 Å². The molecule has 8 heteroatoms. The molecule has 0 radical (unpaired) electrons. The van der Waals surface area contributed by atoms with Gasteiger partial charge in [0.25, 0.3) is 5.91 Å². The van der Waals surface area contributed by atoms with E-state index in [4.69, 9.17) is 16.3 Å². The van der Waals surface area contributed by atoms with Crippen molar-refractivity contribution in [3.8, 4) is 5.75 Å². The largest absolute Gasteiger partial charge is 0.489 e. The summed E-state index contributed by atoms with van der Waals surface area (Å²) in [5, 5.41) is 2.24. The fourth-order valence-corrected chi connectivity index (χ4v) is 4.27. The van der Waals surface area contributed by atoms with Gasteiger partial charge in [0.05, 0.1) is 26.6 Å². The molecule has 8 nitrogen and oxygen atoms in total. The van der Waals surface area contributed by atoms with Crippen molar-refractivity contribution in [2.45, 2.75) is 38.5 Å². The van der Waals surface area contributed by atoms with Crippen LogP contribution in [-0.2, 0) is 34.0 Å². The lowest BCUT2D eigenvalue weighted by Crippen LogP contribution is -2.52. The van der Waals surface area contributed by atoms with Gasteiger partial charge in [-0.05, 0) is 29.7 Å². The summed E-state index contributed by atoms with van der Waals surface area (Å²) < 4.78 is 53.7. The van der Waals surface area contributed by atoms with Crippen molar-refractivity contribution in [1.29, 1.82) is 0 Å². The number of rotatable bonds is 6. The number of imide groups is 1. The van der Waals surface area contributed by atoms with E-state index in [9.17, 15) is 14.4 Å². The van der Waals surface area contributed by atoms with Crippen molar-refractivity contribution < 1.29 is 30.7 Å². The summed E-state index contributed by atoms with van der Waals surface area (Å²) in [5.74, 6) is -1.34. The molecule has 33 heavy (non-hydrogen) atoms. The van der Waals surface area contributed by atoms with Crippen LogP contribution in [0.3, 0.4) is 0 Å². The van der Waals surface area contributed by atoms with Crippen molar-refractivity contribution in [3.63, 3.8) is 0 Å². The minimum atomic E-state index is -2.65. The lowest BCUT2D eigenvalue weighted by atomic mass is 10.0. The zero-order chi connectivity index (χ0) is 27.2. The number of morpholine rings is 1. The molecule has 2 saturated heterocycles. The Morgan fingerprint density at radius 1 is 1.12 bits per heavy atom. The molecular formula is C25H27N3O5. The van der Waals surface area contributed by atoms with Gasteiger partial charge in [0, 0.05) is 37.2 Å². The third-order valence-electron chi connectivity index (χ3n) is 6.04. The van der Waals surface area contributed by atoms with E-state index in [1.807, 2.05) is 0 Å². The van der Waals surface area contributed by atoms with Gasteiger partial charge < -0.3 is 14.4 Å². The molecule has 5 rings (SSSR count). The normalized spacial score (nSPS) is 23.8. The average Bonchev–Trinajstić information content (AvgIpc) is 3.20. The van der Waals surface area contributed by atoms with E-state index in [2.05, 4.69) is 10.2 Å². The molecule has 1 unspecified atom stereocenters. The first-order valence-corrected chi connectivity index (χ1v) is 10.9. The van der Waals surface area contributed by atoms with Crippen LogP contribution in [0.1, 0.15) is 46.7 Å². The molecule has 1 atom stereocenters. The Morgan fingerprint density at radius 2 is 1.94 bits per heavy atom. The minimum absolute atomic E-state index is 0.0175. The lowest BCUT2D eigenvalue weighted by molar-refractivity contribution is -0.136. The van der Waals surface area contributed by atoms with Gasteiger partial charge in [0.15, 0.2) is 0 Å². The van der Waals surface area contributed by atoms with E-state index in [1.165, 1.54) is 23.1 Å². The number of benzene rings is 2. The van der Waals surface area contributed by atoms with E-state index in [-0.39, 0.29) is 48.3 Å². The standard InChI is InChI=1S/C25H27N3O5/c29-23-9-8-21(24(30)26-23)28-15-20-19(25(28)31)2-1-3-22(20)33-16-18-6-4-17(5-7-18)14-27-10-12-32-13-11-27/h1-7,21H,8-16H2,(H,26,29,30)/i4D,6D,7D,16D2. The highest BCUT2D eigenvalue weighted by atomic mass is 16.5. The van der Waals surface area contributed by atoms with E-state index < -0.39 is 36.4 Å². The third kappa shape index (κ3) is 4.62. The molecule has 2 aromatic carbocycles. The minimum Gasteiger partial charge on any atom is -0.489 e. The molecular weight excluding hydrogens is 422 g/mol. The van der Waals surface area contributed by atoms with Gasteiger partial charge in [0.2, 0.25) is 11.8 Å². The summed E-state index contributed by atoms with van der Waals surface area (Å²) in [6.07, 6.45) is 0.298. The van der Waals surface area contributed by atoms with Gasteiger partial charge in [-0.1, -0.05) is 30.3 Å². The second-order valence-corrected chi connectivity index (χ2v) is 8.21. The summed E-state index contributed by atoms with van der Waals surface area (Å²) in [6.45, 7) is 0.147. The molecule has 3 aliphatic heterocycles. The van der Waals surface area contributed by atoms with Crippen LogP contribution in [0.25, 0.3) is 0 Å². The summed E-state index contributed by atoms with van der Waals surface area (Å²) in [5.41, 5.74) is 0.700. The van der Waals surface area contributed by atoms with Crippen LogP contribution >= 0.6 is 0 Å². The first-order valence-electron chi connectivity index (χ1n) is 13.4. The molecule has 3 amide bonds. The lowest BCUT2D eigenvalue weighted by Gasteiger charge is -2.29. The van der Waals surface area contributed by atoms with Gasteiger partial charge in [-0.25, -0.2) is 0 Å². The number of fused-ring (bicyclic) bond motifs is 1. The quantitative estimate of drug-likeness (QED) is 0.671. The zero-order valence-corrected chi connectivity index (χ0v) is 18.0. The Hall–Kier alpha value is -3.23. The molecule has 0 bridgehead atoms. The van der Waals surface area contributed by atoms with E-state index >= 15 is 0 Å². The van der Waals surface area contributed by atoms with Gasteiger partial charge in [-0.3, -0.25) is 24.6 Å². The molecule has 172 valence electrons. The SMILES string of the molecule is [2H]c1cc(CN2CCOCC2)c([2H])c([2H])c1C([2H])([2H])Oc1cccc2c1CN(C1CCC(=O)NC1=O)C2=O. The third-order valence-corrected chi connectivity index (χ3v) is 6.04. The Bertz CT molecular complexity index is 1310. The van der Waals surface area contributed by atoms with E-state index in [1.54, 1.807) is 6.07 Å². The number of nitrogens with one attached hydrogen (secondary N) is 1.